The molecule has 0 saturated heterocycles. The van der Waals surface area contributed by atoms with E-state index in [9.17, 15) is 8.42 Å². The summed E-state index contributed by atoms with van der Waals surface area (Å²) in [7, 11) is -3.44. The average Bonchev–Trinajstić information content (AvgIpc) is 2.24. The van der Waals surface area contributed by atoms with Crippen LogP contribution in [0.15, 0.2) is 29.2 Å². The van der Waals surface area contributed by atoms with Crippen LogP contribution in [0, 0.1) is 0 Å². The summed E-state index contributed by atoms with van der Waals surface area (Å²) in [4.78, 5) is 0.191. The van der Waals surface area contributed by atoms with Crippen LogP contribution in [0.2, 0.25) is 5.02 Å². The van der Waals surface area contributed by atoms with E-state index in [1.807, 2.05) is 6.92 Å². The molecule has 4 nitrogen and oxygen atoms in total. The number of halogens is 2. The summed E-state index contributed by atoms with van der Waals surface area (Å²) in [5.41, 5.74) is 0. The number of rotatable bonds is 6. The molecule has 98 valence electrons. The molecule has 1 aromatic rings. The second kappa shape index (κ2) is 7.89. The molecule has 0 aromatic heterocycles. The highest BCUT2D eigenvalue weighted by Crippen LogP contribution is 2.14. The number of hydrogen-bond donors (Lipinski definition) is 2. The first-order chi connectivity index (χ1) is 7.56. The molecule has 0 amide bonds. The van der Waals surface area contributed by atoms with E-state index in [1.54, 1.807) is 12.1 Å². The molecule has 0 aliphatic carbocycles. The van der Waals surface area contributed by atoms with Gasteiger partial charge >= 0.3 is 0 Å². The Labute approximate surface area is 113 Å². The van der Waals surface area contributed by atoms with Gasteiger partial charge in [0.1, 0.15) is 0 Å². The van der Waals surface area contributed by atoms with Crippen molar-refractivity contribution in [2.45, 2.75) is 11.8 Å². The Morgan fingerprint density at radius 2 is 2.00 bits per heavy atom. The first-order valence-corrected chi connectivity index (χ1v) is 6.88. The van der Waals surface area contributed by atoms with Gasteiger partial charge in [-0.05, 0) is 24.7 Å². The minimum atomic E-state index is -3.44. The van der Waals surface area contributed by atoms with Gasteiger partial charge < -0.3 is 5.32 Å². The van der Waals surface area contributed by atoms with Crippen molar-refractivity contribution in [1.29, 1.82) is 0 Å². The summed E-state index contributed by atoms with van der Waals surface area (Å²) in [6, 6.07) is 6.19. The van der Waals surface area contributed by atoms with Crippen LogP contribution in [0.4, 0.5) is 0 Å². The summed E-state index contributed by atoms with van der Waals surface area (Å²) in [5.74, 6) is 0. The van der Waals surface area contributed by atoms with Crippen LogP contribution in [0.5, 0.6) is 0 Å². The molecule has 0 bridgehead atoms. The van der Waals surface area contributed by atoms with Crippen molar-refractivity contribution in [2.75, 3.05) is 19.6 Å². The lowest BCUT2D eigenvalue weighted by Crippen LogP contribution is -2.31. The van der Waals surface area contributed by atoms with Crippen LogP contribution in [-0.2, 0) is 10.0 Å². The lowest BCUT2D eigenvalue weighted by atomic mass is 10.4. The number of benzene rings is 1. The summed E-state index contributed by atoms with van der Waals surface area (Å²) < 4.78 is 26.0. The molecule has 1 aromatic carbocycles. The van der Waals surface area contributed by atoms with Gasteiger partial charge in [0.15, 0.2) is 0 Å². The predicted molar refractivity (Wildman–Crippen MR) is 72.4 cm³/mol. The van der Waals surface area contributed by atoms with E-state index in [0.717, 1.165) is 6.54 Å². The maximum absolute atomic E-state index is 11.8. The van der Waals surface area contributed by atoms with Gasteiger partial charge in [-0.15, -0.1) is 12.4 Å². The van der Waals surface area contributed by atoms with Gasteiger partial charge in [0.25, 0.3) is 0 Å². The maximum atomic E-state index is 11.8. The van der Waals surface area contributed by atoms with Gasteiger partial charge in [0.2, 0.25) is 10.0 Å². The standard InChI is InChI=1S/C10H15ClN2O2S.ClH/c1-2-12-6-7-13-16(14,15)10-5-3-4-9(11)8-10;/h3-5,8,12-13H,2,6-7H2,1H3;1H. The Morgan fingerprint density at radius 3 is 2.59 bits per heavy atom. The normalized spacial score (nSPS) is 10.9. The molecule has 7 heteroatoms. The van der Waals surface area contributed by atoms with Crippen LogP contribution in [0.1, 0.15) is 6.92 Å². The molecule has 0 atom stereocenters. The van der Waals surface area contributed by atoms with Crippen molar-refractivity contribution >= 4 is 34.0 Å². The monoisotopic (exact) mass is 298 g/mol. The first kappa shape index (κ1) is 16.7. The Balaban J connectivity index is 0.00000256. The Bertz CT molecular complexity index is 438. The highest BCUT2D eigenvalue weighted by molar-refractivity contribution is 7.89. The fourth-order valence-electron chi connectivity index (χ4n) is 1.17. The smallest absolute Gasteiger partial charge is 0.240 e. The highest BCUT2D eigenvalue weighted by atomic mass is 35.5. The van der Waals surface area contributed by atoms with Gasteiger partial charge in [-0.3, -0.25) is 0 Å². The van der Waals surface area contributed by atoms with E-state index in [1.165, 1.54) is 12.1 Å². The zero-order valence-electron chi connectivity index (χ0n) is 9.44. The van der Waals surface area contributed by atoms with Crippen LogP contribution in [0.25, 0.3) is 0 Å². The fourth-order valence-corrected chi connectivity index (χ4v) is 2.50. The number of sulfonamides is 1. The van der Waals surface area contributed by atoms with Crippen molar-refractivity contribution in [2.24, 2.45) is 0 Å². The van der Waals surface area contributed by atoms with Crippen molar-refractivity contribution in [3.63, 3.8) is 0 Å². The molecule has 0 aliphatic rings. The molecule has 1 rings (SSSR count). The topological polar surface area (TPSA) is 58.2 Å². The lowest BCUT2D eigenvalue weighted by molar-refractivity contribution is 0.577. The van der Waals surface area contributed by atoms with E-state index in [0.29, 0.717) is 18.1 Å². The second-order valence-corrected chi connectivity index (χ2v) is 5.41. The van der Waals surface area contributed by atoms with Gasteiger partial charge in [0.05, 0.1) is 4.90 Å². The third-order valence-electron chi connectivity index (χ3n) is 1.95. The highest BCUT2D eigenvalue weighted by Gasteiger charge is 2.12. The predicted octanol–water partition coefficient (Wildman–Crippen LogP) is 1.65. The van der Waals surface area contributed by atoms with E-state index < -0.39 is 10.0 Å². The maximum Gasteiger partial charge on any atom is 0.240 e. The average molecular weight is 299 g/mol. The van der Waals surface area contributed by atoms with Gasteiger partial charge in [-0.1, -0.05) is 24.6 Å². The fraction of sp³-hybridized carbons (Fsp3) is 0.400. The van der Waals surface area contributed by atoms with E-state index in [2.05, 4.69) is 10.0 Å². The second-order valence-electron chi connectivity index (χ2n) is 3.21. The molecule has 17 heavy (non-hydrogen) atoms. The van der Waals surface area contributed by atoms with Crippen LogP contribution in [-0.4, -0.2) is 28.1 Å². The summed E-state index contributed by atoms with van der Waals surface area (Å²) in [5, 5.41) is 3.44. The zero-order valence-corrected chi connectivity index (χ0v) is 11.8. The third kappa shape index (κ3) is 5.70. The van der Waals surface area contributed by atoms with Crippen molar-refractivity contribution in [3.8, 4) is 0 Å². The third-order valence-corrected chi connectivity index (χ3v) is 3.64. The minimum Gasteiger partial charge on any atom is -0.316 e. The van der Waals surface area contributed by atoms with Crippen molar-refractivity contribution in [1.82, 2.24) is 10.0 Å². The van der Waals surface area contributed by atoms with E-state index >= 15 is 0 Å². The molecule has 0 aliphatic heterocycles. The van der Waals surface area contributed by atoms with E-state index in [4.69, 9.17) is 11.6 Å². The molecule has 0 radical (unpaired) electrons. The Morgan fingerprint density at radius 1 is 1.29 bits per heavy atom. The van der Waals surface area contributed by atoms with Crippen LogP contribution >= 0.6 is 24.0 Å². The zero-order chi connectivity index (χ0) is 12.0. The number of hydrogen-bond acceptors (Lipinski definition) is 3. The molecular formula is C10H16Cl2N2O2S. The molecule has 0 saturated carbocycles. The van der Waals surface area contributed by atoms with Crippen LogP contribution in [0.3, 0.4) is 0 Å². The molecule has 2 N–H and O–H groups in total. The largest absolute Gasteiger partial charge is 0.316 e. The van der Waals surface area contributed by atoms with Gasteiger partial charge in [0, 0.05) is 18.1 Å². The van der Waals surface area contributed by atoms with E-state index in [-0.39, 0.29) is 17.3 Å². The SMILES string of the molecule is CCNCCNS(=O)(=O)c1cccc(Cl)c1.Cl. The molecule has 0 heterocycles. The van der Waals surface area contributed by atoms with Crippen molar-refractivity contribution < 1.29 is 8.42 Å². The summed E-state index contributed by atoms with van der Waals surface area (Å²) in [6.07, 6.45) is 0. The molecule has 0 spiro atoms. The van der Waals surface area contributed by atoms with Crippen LogP contribution < -0.4 is 10.0 Å². The lowest BCUT2D eigenvalue weighted by Gasteiger charge is -2.07. The Hall–Kier alpha value is -0.330. The minimum absolute atomic E-state index is 0. The molecule has 0 unspecified atom stereocenters. The molecular weight excluding hydrogens is 283 g/mol. The quantitative estimate of drug-likeness (QED) is 0.785. The Kier molecular flexibility index (Phi) is 7.74. The molecule has 0 fully saturated rings. The van der Waals surface area contributed by atoms with Gasteiger partial charge in [-0.2, -0.15) is 0 Å². The number of likely N-dealkylation sites (N-methyl/N-ethyl adjacent to an activating group) is 1. The first-order valence-electron chi connectivity index (χ1n) is 5.02. The summed E-state index contributed by atoms with van der Waals surface area (Å²) in [6.45, 7) is 3.75. The number of nitrogens with one attached hydrogen (secondary N) is 2. The van der Waals surface area contributed by atoms with Crippen molar-refractivity contribution in [3.05, 3.63) is 29.3 Å². The summed E-state index contributed by atoms with van der Waals surface area (Å²) >= 11 is 5.73. The van der Waals surface area contributed by atoms with Gasteiger partial charge in [-0.25, -0.2) is 13.1 Å².